The van der Waals surface area contributed by atoms with Gasteiger partial charge >= 0.3 is 0 Å². The molecule has 0 fully saturated rings. The number of fused-ring (bicyclic) bond motifs is 1. The SMILES string of the molecule is Nc1cc2c(cc1OCCCCCl)CN=C2. The molecule has 86 valence electrons. The molecule has 0 saturated heterocycles. The van der Waals surface area contributed by atoms with Crippen LogP contribution in [0, 0.1) is 0 Å². The number of nitrogens with two attached hydrogens (primary N) is 1. The number of benzene rings is 1. The third kappa shape index (κ3) is 2.47. The number of nitrogens with zero attached hydrogens (tertiary/aromatic N) is 1. The molecule has 0 aromatic heterocycles. The van der Waals surface area contributed by atoms with Gasteiger partial charge in [-0.2, -0.15) is 0 Å². The van der Waals surface area contributed by atoms with Crippen LogP contribution in [-0.4, -0.2) is 18.7 Å². The number of rotatable bonds is 5. The average Bonchev–Trinajstić information content (AvgIpc) is 2.71. The highest BCUT2D eigenvalue weighted by molar-refractivity contribution is 6.17. The minimum Gasteiger partial charge on any atom is -0.491 e. The van der Waals surface area contributed by atoms with Crippen LogP contribution in [-0.2, 0) is 6.54 Å². The molecular formula is C12H15ClN2O. The molecule has 2 N–H and O–H groups in total. The standard InChI is InChI=1S/C12H15ClN2O/c13-3-1-2-4-16-12-6-10-8-15-7-9(10)5-11(12)14/h5-7H,1-4,8,14H2. The zero-order valence-corrected chi connectivity index (χ0v) is 9.83. The van der Waals surface area contributed by atoms with Gasteiger partial charge in [0.25, 0.3) is 0 Å². The van der Waals surface area contributed by atoms with Crippen molar-refractivity contribution in [2.75, 3.05) is 18.2 Å². The van der Waals surface area contributed by atoms with Crippen LogP contribution in [0.3, 0.4) is 0 Å². The van der Waals surface area contributed by atoms with Crippen LogP contribution >= 0.6 is 11.6 Å². The molecule has 0 aliphatic carbocycles. The van der Waals surface area contributed by atoms with Crippen molar-refractivity contribution >= 4 is 23.5 Å². The maximum Gasteiger partial charge on any atom is 0.142 e. The lowest BCUT2D eigenvalue weighted by atomic mass is 10.1. The van der Waals surface area contributed by atoms with Crippen LogP contribution in [0.2, 0.25) is 0 Å². The van der Waals surface area contributed by atoms with E-state index in [1.54, 1.807) is 0 Å². The van der Waals surface area contributed by atoms with Crippen LogP contribution in [0.25, 0.3) is 0 Å². The van der Waals surface area contributed by atoms with E-state index in [0.29, 0.717) is 18.2 Å². The topological polar surface area (TPSA) is 47.6 Å². The van der Waals surface area contributed by atoms with Gasteiger partial charge in [0.05, 0.1) is 18.8 Å². The molecule has 2 rings (SSSR count). The first-order valence-corrected chi connectivity index (χ1v) is 5.95. The number of alkyl halides is 1. The van der Waals surface area contributed by atoms with E-state index in [4.69, 9.17) is 22.1 Å². The van der Waals surface area contributed by atoms with Crippen LogP contribution in [0.1, 0.15) is 24.0 Å². The summed E-state index contributed by atoms with van der Waals surface area (Å²) in [4.78, 5) is 4.19. The van der Waals surface area contributed by atoms with E-state index in [0.717, 1.165) is 30.7 Å². The summed E-state index contributed by atoms with van der Waals surface area (Å²) in [6.45, 7) is 1.39. The second kappa shape index (κ2) is 5.21. The number of nitrogen functional groups attached to an aromatic ring is 1. The molecule has 16 heavy (non-hydrogen) atoms. The Balaban J connectivity index is 2.00. The van der Waals surface area contributed by atoms with Gasteiger partial charge in [-0.25, -0.2) is 0 Å². The van der Waals surface area contributed by atoms with Gasteiger partial charge in [-0.05, 0) is 36.1 Å². The van der Waals surface area contributed by atoms with Crippen molar-refractivity contribution < 1.29 is 4.74 Å². The van der Waals surface area contributed by atoms with Crippen molar-refractivity contribution in [3.05, 3.63) is 23.3 Å². The predicted molar refractivity (Wildman–Crippen MR) is 67.6 cm³/mol. The summed E-state index contributed by atoms with van der Waals surface area (Å²) in [5.74, 6) is 1.44. The third-order valence-electron chi connectivity index (χ3n) is 2.55. The Hall–Kier alpha value is -1.22. The first-order chi connectivity index (χ1) is 7.81. The van der Waals surface area contributed by atoms with Gasteiger partial charge in [-0.3, -0.25) is 4.99 Å². The molecule has 0 amide bonds. The highest BCUT2D eigenvalue weighted by Gasteiger charge is 2.10. The fraction of sp³-hybridized carbons (Fsp3) is 0.417. The second-order valence-electron chi connectivity index (χ2n) is 3.80. The second-order valence-corrected chi connectivity index (χ2v) is 4.18. The maximum atomic E-state index is 5.90. The van der Waals surface area contributed by atoms with E-state index in [9.17, 15) is 0 Å². The molecule has 0 atom stereocenters. The lowest BCUT2D eigenvalue weighted by molar-refractivity contribution is 0.311. The number of aliphatic imine (C=N–C) groups is 1. The van der Waals surface area contributed by atoms with Crippen molar-refractivity contribution in [2.24, 2.45) is 4.99 Å². The van der Waals surface area contributed by atoms with E-state index >= 15 is 0 Å². The highest BCUT2D eigenvalue weighted by Crippen LogP contribution is 2.28. The Kier molecular flexibility index (Phi) is 3.67. The monoisotopic (exact) mass is 238 g/mol. The minimum atomic E-state index is 0.663. The summed E-state index contributed by atoms with van der Waals surface area (Å²) in [5.41, 5.74) is 8.86. The van der Waals surface area contributed by atoms with Crippen LogP contribution in [0.4, 0.5) is 5.69 Å². The van der Waals surface area contributed by atoms with Crippen molar-refractivity contribution in [3.8, 4) is 5.75 Å². The first-order valence-electron chi connectivity index (χ1n) is 5.42. The molecule has 1 aromatic rings. The summed E-state index contributed by atoms with van der Waals surface area (Å²) >= 11 is 5.59. The Bertz CT molecular complexity index is 404. The Morgan fingerprint density at radius 1 is 1.38 bits per heavy atom. The van der Waals surface area contributed by atoms with E-state index in [1.807, 2.05) is 18.3 Å². The molecule has 0 radical (unpaired) electrons. The van der Waals surface area contributed by atoms with Crippen molar-refractivity contribution in [1.82, 2.24) is 0 Å². The van der Waals surface area contributed by atoms with Crippen LogP contribution in [0.15, 0.2) is 17.1 Å². The van der Waals surface area contributed by atoms with Crippen LogP contribution in [0.5, 0.6) is 5.75 Å². The fourth-order valence-corrected chi connectivity index (χ4v) is 1.85. The number of anilines is 1. The summed E-state index contributed by atoms with van der Waals surface area (Å²) in [6, 6.07) is 3.90. The van der Waals surface area contributed by atoms with Gasteiger partial charge in [-0.15, -0.1) is 11.6 Å². The maximum absolute atomic E-state index is 5.90. The molecule has 1 aliphatic heterocycles. The lowest BCUT2D eigenvalue weighted by Gasteiger charge is -2.10. The number of unbranched alkanes of at least 4 members (excludes halogenated alkanes) is 1. The fourth-order valence-electron chi connectivity index (χ4n) is 1.66. The Morgan fingerprint density at radius 3 is 3.06 bits per heavy atom. The summed E-state index contributed by atoms with van der Waals surface area (Å²) < 4.78 is 5.62. The van der Waals surface area contributed by atoms with E-state index in [1.165, 1.54) is 5.56 Å². The minimum absolute atomic E-state index is 0.663. The largest absolute Gasteiger partial charge is 0.491 e. The van der Waals surface area contributed by atoms with Crippen LogP contribution < -0.4 is 10.5 Å². The normalized spacial score (nSPS) is 12.8. The number of ether oxygens (including phenoxy) is 1. The molecule has 3 nitrogen and oxygen atoms in total. The zero-order chi connectivity index (χ0) is 11.4. The number of hydrogen-bond donors (Lipinski definition) is 1. The molecule has 0 spiro atoms. The van der Waals surface area contributed by atoms with E-state index in [-0.39, 0.29) is 0 Å². The molecular weight excluding hydrogens is 224 g/mol. The smallest absolute Gasteiger partial charge is 0.142 e. The molecule has 0 unspecified atom stereocenters. The number of halogens is 1. The Labute approximate surface area is 100 Å². The predicted octanol–water partition coefficient (Wildman–Crippen LogP) is 2.60. The quantitative estimate of drug-likeness (QED) is 0.487. The van der Waals surface area contributed by atoms with Crippen molar-refractivity contribution in [3.63, 3.8) is 0 Å². The highest BCUT2D eigenvalue weighted by atomic mass is 35.5. The Morgan fingerprint density at radius 2 is 2.25 bits per heavy atom. The van der Waals surface area contributed by atoms with E-state index < -0.39 is 0 Å². The summed E-state index contributed by atoms with van der Waals surface area (Å²) in [6.07, 6.45) is 3.77. The third-order valence-corrected chi connectivity index (χ3v) is 2.82. The molecule has 1 aromatic carbocycles. The van der Waals surface area contributed by atoms with Crippen molar-refractivity contribution in [2.45, 2.75) is 19.4 Å². The van der Waals surface area contributed by atoms with Gasteiger partial charge in [0.2, 0.25) is 0 Å². The molecule has 1 heterocycles. The lowest BCUT2D eigenvalue weighted by Crippen LogP contribution is -2.02. The summed E-state index contributed by atoms with van der Waals surface area (Å²) in [5, 5.41) is 0. The molecule has 0 saturated carbocycles. The van der Waals surface area contributed by atoms with Gasteiger partial charge in [0.1, 0.15) is 5.75 Å². The molecule has 0 bridgehead atoms. The van der Waals surface area contributed by atoms with E-state index in [2.05, 4.69) is 4.99 Å². The van der Waals surface area contributed by atoms with Crippen molar-refractivity contribution in [1.29, 1.82) is 0 Å². The van der Waals surface area contributed by atoms with Gasteiger partial charge < -0.3 is 10.5 Å². The van der Waals surface area contributed by atoms with Gasteiger partial charge in [0.15, 0.2) is 0 Å². The van der Waals surface area contributed by atoms with Gasteiger partial charge in [-0.1, -0.05) is 0 Å². The first kappa shape index (κ1) is 11.3. The molecule has 1 aliphatic rings. The average molecular weight is 239 g/mol. The summed E-state index contributed by atoms with van der Waals surface area (Å²) in [7, 11) is 0. The molecule has 4 heteroatoms. The van der Waals surface area contributed by atoms with Gasteiger partial charge in [0, 0.05) is 12.1 Å². The number of hydrogen-bond acceptors (Lipinski definition) is 3. The zero-order valence-electron chi connectivity index (χ0n) is 9.08.